The summed E-state index contributed by atoms with van der Waals surface area (Å²) in [6.07, 6.45) is -0.675. The van der Waals surface area contributed by atoms with E-state index in [-0.39, 0.29) is 6.54 Å². The molecule has 12 heavy (non-hydrogen) atoms. The Morgan fingerprint density at radius 2 is 2.25 bits per heavy atom. The van der Waals surface area contributed by atoms with Gasteiger partial charge >= 0.3 is 0 Å². The van der Waals surface area contributed by atoms with E-state index < -0.39 is 6.10 Å². The molecule has 0 spiro atoms. The summed E-state index contributed by atoms with van der Waals surface area (Å²) in [7, 11) is 0. The summed E-state index contributed by atoms with van der Waals surface area (Å²) < 4.78 is 0.889. The molecule has 0 fully saturated rings. The number of hydrogen-bond acceptors (Lipinski definition) is 2. The van der Waals surface area contributed by atoms with Crippen LogP contribution in [0.4, 0.5) is 0 Å². The lowest BCUT2D eigenvalue weighted by molar-refractivity contribution is 0.187. The number of benzene rings is 1. The molecule has 0 aromatic heterocycles. The fourth-order valence-corrected chi connectivity index (χ4v) is 1.70. The molecule has 0 radical (unpaired) electrons. The molecule has 2 nitrogen and oxygen atoms in total. The first-order valence-corrected chi connectivity index (χ1v) is 4.65. The Bertz CT molecular complexity index is 280. The highest BCUT2D eigenvalue weighted by Gasteiger charge is 2.08. The molecule has 1 atom stereocenters. The zero-order valence-electron chi connectivity index (χ0n) is 6.30. The topological polar surface area (TPSA) is 46.2 Å². The SMILES string of the molecule is NCC(O)c1ccc(Br)cc1Cl. The molecule has 0 saturated heterocycles. The first-order chi connectivity index (χ1) is 5.65. The maximum atomic E-state index is 9.38. The predicted octanol–water partition coefficient (Wildman–Crippen LogP) is 2.09. The molecule has 66 valence electrons. The van der Waals surface area contributed by atoms with Crippen LogP contribution in [-0.4, -0.2) is 11.7 Å². The summed E-state index contributed by atoms with van der Waals surface area (Å²) >= 11 is 9.13. The summed E-state index contributed by atoms with van der Waals surface area (Å²) in [5.41, 5.74) is 5.96. The van der Waals surface area contributed by atoms with Gasteiger partial charge in [0.2, 0.25) is 0 Å². The third kappa shape index (κ3) is 2.20. The molecular formula is C8H9BrClNO. The average Bonchev–Trinajstić information content (AvgIpc) is 2.03. The molecule has 1 rings (SSSR count). The third-order valence-electron chi connectivity index (χ3n) is 1.54. The second-order valence-electron chi connectivity index (χ2n) is 2.42. The summed E-state index contributed by atoms with van der Waals surface area (Å²) in [6, 6.07) is 5.31. The van der Waals surface area contributed by atoms with E-state index in [9.17, 15) is 5.11 Å². The van der Waals surface area contributed by atoms with Crippen molar-refractivity contribution in [3.05, 3.63) is 33.3 Å². The highest BCUT2D eigenvalue weighted by molar-refractivity contribution is 9.10. The molecule has 0 aliphatic rings. The molecular weight excluding hydrogens is 241 g/mol. The highest BCUT2D eigenvalue weighted by atomic mass is 79.9. The van der Waals surface area contributed by atoms with Gasteiger partial charge < -0.3 is 10.8 Å². The second kappa shape index (κ2) is 4.23. The zero-order chi connectivity index (χ0) is 9.14. The van der Waals surface area contributed by atoms with Crippen LogP contribution in [0.1, 0.15) is 11.7 Å². The van der Waals surface area contributed by atoms with Gasteiger partial charge in [0.15, 0.2) is 0 Å². The lowest BCUT2D eigenvalue weighted by Gasteiger charge is -2.09. The van der Waals surface area contributed by atoms with Crippen LogP contribution < -0.4 is 5.73 Å². The number of halogens is 2. The quantitative estimate of drug-likeness (QED) is 0.844. The molecule has 0 amide bonds. The van der Waals surface area contributed by atoms with Crippen LogP contribution in [-0.2, 0) is 0 Å². The van der Waals surface area contributed by atoms with Crippen molar-refractivity contribution in [2.24, 2.45) is 5.73 Å². The summed E-state index contributed by atoms with van der Waals surface area (Å²) in [6.45, 7) is 0.182. The Morgan fingerprint density at radius 1 is 1.58 bits per heavy atom. The van der Waals surface area contributed by atoms with Gasteiger partial charge in [0.25, 0.3) is 0 Å². The molecule has 0 saturated carbocycles. The Balaban J connectivity index is 3.01. The standard InChI is InChI=1S/C8H9BrClNO/c9-5-1-2-6(7(10)3-5)8(12)4-11/h1-3,8,12H,4,11H2. The van der Waals surface area contributed by atoms with Crippen molar-refractivity contribution in [1.82, 2.24) is 0 Å². The van der Waals surface area contributed by atoms with Crippen LogP contribution in [0.2, 0.25) is 5.02 Å². The minimum absolute atomic E-state index is 0.182. The lowest BCUT2D eigenvalue weighted by Crippen LogP contribution is -2.11. The van der Waals surface area contributed by atoms with Gasteiger partial charge in [0, 0.05) is 21.6 Å². The van der Waals surface area contributed by atoms with Crippen molar-refractivity contribution >= 4 is 27.5 Å². The molecule has 3 N–H and O–H groups in total. The van der Waals surface area contributed by atoms with Gasteiger partial charge in [0.1, 0.15) is 0 Å². The zero-order valence-corrected chi connectivity index (χ0v) is 8.64. The van der Waals surface area contributed by atoms with Gasteiger partial charge in [0.05, 0.1) is 6.10 Å². The molecule has 0 heterocycles. The van der Waals surface area contributed by atoms with E-state index in [0.29, 0.717) is 10.6 Å². The maximum absolute atomic E-state index is 9.38. The van der Waals surface area contributed by atoms with E-state index in [1.54, 1.807) is 12.1 Å². The molecule has 0 aliphatic carbocycles. The van der Waals surface area contributed by atoms with Gasteiger partial charge in [-0.25, -0.2) is 0 Å². The van der Waals surface area contributed by atoms with Gasteiger partial charge in [-0.2, -0.15) is 0 Å². The predicted molar refractivity (Wildman–Crippen MR) is 53.2 cm³/mol. The normalized spacial score (nSPS) is 13.0. The van der Waals surface area contributed by atoms with Crippen LogP contribution >= 0.6 is 27.5 Å². The van der Waals surface area contributed by atoms with E-state index in [1.165, 1.54) is 0 Å². The number of hydrogen-bond donors (Lipinski definition) is 2. The third-order valence-corrected chi connectivity index (χ3v) is 2.37. The molecule has 1 aromatic rings. The summed E-state index contributed by atoms with van der Waals surface area (Å²) in [5, 5.41) is 9.91. The Labute approximate surface area is 84.5 Å². The number of rotatable bonds is 2. The molecule has 4 heteroatoms. The van der Waals surface area contributed by atoms with Gasteiger partial charge in [-0.05, 0) is 12.1 Å². The largest absolute Gasteiger partial charge is 0.387 e. The minimum atomic E-state index is -0.675. The van der Waals surface area contributed by atoms with Gasteiger partial charge in [-0.15, -0.1) is 0 Å². The molecule has 1 aromatic carbocycles. The Morgan fingerprint density at radius 3 is 2.75 bits per heavy atom. The van der Waals surface area contributed by atoms with Gasteiger partial charge in [-0.3, -0.25) is 0 Å². The second-order valence-corrected chi connectivity index (χ2v) is 3.74. The van der Waals surface area contributed by atoms with E-state index in [2.05, 4.69) is 15.9 Å². The molecule has 1 unspecified atom stereocenters. The first-order valence-electron chi connectivity index (χ1n) is 3.48. The van der Waals surface area contributed by atoms with E-state index in [0.717, 1.165) is 4.47 Å². The van der Waals surface area contributed by atoms with E-state index in [4.69, 9.17) is 17.3 Å². The Hall–Kier alpha value is -0.0900. The van der Waals surface area contributed by atoms with Crippen LogP contribution in [0.3, 0.4) is 0 Å². The van der Waals surface area contributed by atoms with E-state index >= 15 is 0 Å². The maximum Gasteiger partial charge on any atom is 0.0926 e. The number of nitrogens with two attached hydrogens (primary N) is 1. The van der Waals surface area contributed by atoms with Crippen molar-refractivity contribution in [3.8, 4) is 0 Å². The minimum Gasteiger partial charge on any atom is -0.387 e. The molecule has 0 aliphatic heterocycles. The van der Waals surface area contributed by atoms with Gasteiger partial charge in [-0.1, -0.05) is 33.6 Å². The van der Waals surface area contributed by atoms with Crippen molar-refractivity contribution in [3.63, 3.8) is 0 Å². The first kappa shape index (κ1) is 9.99. The number of aliphatic hydroxyl groups is 1. The smallest absolute Gasteiger partial charge is 0.0926 e. The van der Waals surface area contributed by atoms with Crippen LogP contribution in [0.5, 0.6) is 0 Å². The van der Waals surface area contributed by atoms with Crippen LogP contribution in [0, 0.1) is 0 Å². The van der Waals surface area contributed by atoms with Crippen LogP contribution in [0.15, 0.2) is 22.7 Å². The van der Waals surface area contributed by atoms with Crippen LogP contribution in [0.25, 0.3) is 0 Å². The lowest BCUT2D eigenvalue weighted by atomic mass is 10.1. The Kier molecular flexibility index (Phi) is 3.53. The monoisotopic (exact) mass is 249 g/mol. The average molecular weight is 251 g/mol. The highest BCUT2D eigenvalue weighted by Crippen LogP contribution is 2.25. The summed E-state index contributed by atoms with van der Waals surface area (Å²) in [5.74, 6) is 0. The van der Waals surface area contributed by atoms with Crippen molar-refractivity contribution in [2.45, 2.75) is 6.10 Å². The van der Waals surface area contributed by atoms with Crippen molar-refractivity contribution < 1.29 is 5.11 Å². The number of aliphatic hydroxyl groups excluding tert-OH is 1. The fraction of sp³-hybridized carbons (Fsp3) is 0.250. The molecule has 0 bridgehead atoms. The van der Waals surface area contributed by atoms with E-state index in [1.807, 2.05) is 6.07 Å². The summed E-state index contributed by atoms with van der Waals surface area (Å²) in [4.78, 5) is 0. The van der Waals surface area contributed by atoms with Crippen molar-refractivity contribution in [1.29, 1.82) is 0 Å². The van der Waals surface area contributed by atoms with Crippen molar-refractivity contribution in [2.75, 3.05) is 6.54 Å². The fourth-order valence-electron chi connectivity index (χ4n) is 0.899.